The molecule has 1 atom stereocenters. The van der Waals surface area contributed by atoms with E-state index < -0.39 is 9.84 Å². The minimum Gasteiger partial charge on any atom is -0.340 e. The van der Waals surface area contributed by atoms with Crippen molar-refractivity contribution in [2.24, 2.45) is 5.41 Å². The zero-order valence-corrected chi connectivity index (χ0v) is 23.7. The highest BCUT2D eigenvalue weighted by Gasteiger charge is 2.41. The molecule has 3 rings (SSSR count). The van der Waals surface area contributed by atoms with Gasteiger partial charge in [0.25, 0.3) is 0 Å². The van der Waals surface area contributed by atoms with Crippen molar-refractivity contribution in [3.05, 3.63) is 47.8 Å². The van der Waals surface area contributed by atoms with E-state index in [9.17, 15) is 12.8 Å². The molecular weight excluding hydrogens is 486 g/mol. The molecule has 0 aromatic heterocycles. The van der Waals surface area contributed by atoms with Crippen LogP contribution in [-0.2, 0) is 15.6 Å². The third kappa shape index (κ3) is 6.33. The second-order valence-corrected chi connectivity index (χ2v) is 14.9. The first-order valence-corrected chi connectivity index (χ1v) is 15.9. The first-order valence-electron chi connectivity index (χ1n) is 12.0. The van der Waals surface area contributed by atoms with Crippen molar-refractivity contribution in [2.75, 3.05) is 23.5 Å². The molecule has 0 saturated heterocycles. The van der Waals surface area contributed by atoms with Gasteiger partial charge in [-0.1, -0.05) is 47.5 Å². The van der Waals surface area contributed by atoms with Gasteiger partial charge in [-0.15, -0.1) is 11.8 Å². The van der Waals surface area contributed by atoms with E-state index in [1.807, 2.05) is 30.2 Å². The van der Waals surface area contributed by atoms with Gasteiger partial charge in [-0.25, -0.2) is 12.8 Å². The molecule has 0 aliphatic carbocycles. The second kappa shape index (κ2) is 10.8. The van der Waals surface area contributed by atoms with E-state index in [0.29, 0.717) is 17.1 Å². The SMILES string of the molecule is CCCC[C@@]1(CC)CN(c2ccc(F)cc2)c2cc(SC)c(CSC(C)(C)C)cc2S(=O)(=O)C1. The summed E-state index contributed by atoms with van der Waals surface area (Å²) in [7, 11) is -3.51. The molecule has 0 fully saturated rings. The van der Waals surface area contributed by atoms with E-state index in [-0.39, 0.29) is 21.7 Å². The van der Waals surface area contributed by atoms with Crippen LogP contribution >= 0.6 is 23.5 Å². The molecule has 0 unspecified atom stereocenters. The number of rotatable bonds is 8. The smallest absolute Gasteiger partial charge is 0.181 e. The second-order valence-electron chi connectivity index (χ2n) is 10.3. The first-order chi connectivity index (χ1) is 15.9. The first kappa shape index (κ1) is 27.4. The maximum absolute atomic E-state index is 13.9. The molecule has 1 aliphatic heterocycles. The van der Waals surface area contributed by atoms with E-state index >= 15 is 0 Å². The van der Waals surface area contributed by atoms with Crippen LogP contribution in [-0.4, -0.2) is 31.7 Å². The van der Waals surface area contributed by atoms with Gasteiger partial charge in [0.05, 0.1) is 16.3 Å². The van der Waals surface area contributed by atoms with Crippen LogP contribution in [0.3, 0.4) is 0 Å². The molecule has 1 aliphatic rings. The summed E-state index contributed by atoms with van der Waals surface area (Å²) >= 11 is 3.47. The van der Waals surface area contributed by atoms with E-state index in [1.54, 1.807) is 23.9 Å². The zero-order valence-electron chi connectivity index (χ0n) is 21.3. The lowest BCUT2D eigenvalue weighted by Gasteiger charge is -2.36. The normalized spacial score (nSPS) is 20.1. The highest BCUT2D eigenvalue weighted by molar-refractivity contribution is 8.00. The molecule has 188 valence electrons. The van der Waals surface area contributed by atoms with Crippen molar-refractivity contribution < 1.29 is 12.8 Å². The number of nitrogens with zero attached hydrogens (tertiary/aromatic N) is 1. The van der Waals surface area contributed by atoms with Crippen LogP contribution in [0.2, 0.25) is 0 Å². The summed E-state index contributed by atoms with van der Waals surface area (Å²) in [5.41, 5.74) is 2.25. The lowest BCUT2D eigenvalue weighted by molar-refractivity contribution is 0.290. The summed E-state index contributed by atoms with van der Waals surface area (Å²) in [4.78, 5) is 3.63. The Morgan fingerprint density at radius 1 is 1.12 bits per heavy atom. The number of unbranched alkanes of at least 4 members (excludes halogenated alkanes) is 1. The standard InChI is InChI=1S/C27H38FNO2S3/c1-7-9-14-27(8-2)18-29(22-12-10-21(28)11-13-22)23-16-24(32-6)20(17-33-26(3,4)5)15-25(23)34(30,31)19-27/h10-13,15-16H,7-9,14,17-19H2,1-6H3/t27-/m0/s1. The number of hydrogen-bond donors (Lipinski definition) is 0. The Bertz CT molecular complexity index is 1090. The largest absolute Gasteiger partial charge is 0.340 e. The lowest BCUT2D eigenvalue weighted by atomic mass is 9.81. The summed E-state index contributed by atoms with van der Waals surface area (Å²) < 4.78 is 41.7. The fraction of sp³-hybridized carbons (Fsp3) is 0.556. The van der Waals surface area contributed by atoms with Crippen LogP contribution < -0.4 is 4.90 Å². The van der Waals surface area contributed by atoms with Gasteiger partial charge in [-0.3, -0.25) is 0 Å². The van der Waals surface area contributed by atoms with Crippen molar-refractivity contribution in [3.63, 3.8) is 0 Å². The number of fused-ring (bicyclic) bond motifs is 1. The summed E-state index contributed by atoms with van der Waals surface area (Å²) in [6.45, 7) is 11.4. The Morgan fingerprint density at radius 3 is 2.35 bits per heavy atom. The maximum Gasteiger partial charge on any atom is 0.181 e. The Balaban J connectivity index is 2.23. The molecule has 0 amide bonds. The number of anilines is 2. The third-order valence-electron chi connectivity index (χ3n) is 6.59. The minimum absolute atomic E-state index is 0.0824. The molecule has 7 heteroatoms. The van der Waals surface area contributed by atoms with Crippen molar-refractivity contribution in [1.29, 1.82) is 0 Å². The average molecular weight is 524 g/mol. The number of halogens is 1. The van der Waals surface area contributed by atoms with Gasteiger partial charge in [0.15, 0.2) is 9.84 Å². The van der Waals surface area contributed by atoms with E-state index in [4.69, 9.17) is 0 Å². The Morgan fingerprint density at radius 2 is 1.79 bits per heavy atom. The van der Waals surface area contributed by atoms with Crippen LogP contribution in [0.25, 0.3) is 0 Å². The van der Waals surface area contributed by atoms with E-state index in [1.165, 1.54) is 12.1 Å². The third-order valence-corrected chi connectivity index (χ3v) is 10.7. The molecule has 0 radical (unpaired) electrons. The Kier molecular flexibility index (Phi) is 8.73. The van der Waals surface area contributed by atoms with Crippen LogP contribution in [0.1, 0.15) is 65.9 Å². The molecule has 3 nitrogen and oxygen atoms in total. The van der Waals surface area contributed by atoms with Crippen molar-refractivity contribution in [1.82, 2.24) is 0 Å². The fourth-order valence-corrected chi connectivity index (χ4v) is 8.29. The fourth-order valence-electron chi connectivity index (χ4n) is 4.54. The van der Waals surface area contributed by atoms with Gasteiger partial charge in [0.2, 0.25) is 0 Å². The van der Waals surface area contributed by atoms with Crippen molar-refractivity contribution in [2.45, 2.75) is 80.6 Å². The van der Waals surface area contributed by atoms with Crippen molar-refractivity contribution >= 4 is 44.7 Å². The van der Waals surface area contributed by atoms with E-state index in [2.05, 4.69) is 39.5 Å². The predicted molar refractivity (Wildman–Crippen MR) is 147 cm³/mol. The van der Waals surface area contributed by atoms with Gasteiger partial charge >= 0.3 is 0 Å². The highest BCUT2D eigenvalue weighted by atomic mass is 32.2. The number of sulfone groups is 1. The molecule has 34 heavy (non-hydrogen) atoms. The maximum atomic E-state index is 13.9. The van der Waals surface area contributed by atoms with Gasteiger partial charge in [0.1, 0.15) is 5.82 Å². The van der Waals surface area contributed by atoms with E-state index in [0.717, 1.165) is 47.6 Å². The molecular formula is C27H38FNO2S3. The zero-order chi connectivity index (χ0) is 25.1. The van der Waals surface area contributed by atoms with Gasteiger partial charge in [-0.2, -0.15) is 11.8 Å². The highest BCUT2D eigenvalue weighted by Crippen LogP contribution is 2.46. The molecule has 0 saturated carbocycles. The number of benzene rings is 2. The van der Waals surface area contributed by atoms with Gasteiger partial charge < -0.3 is 4.90 Å². The number of thioether (sulfide) groups is 2. The topological polar surface area (TPSA) is 37.4 Å². The monoisotopic (exact) mass is 523 g/mol. The summed E-state index contributed by atoms with van der Waals surface area (Å²) in [6, 6.07) is 10.4. The average Bonchev–Trinajstić information content (AvgIpc) is 2.88. The van der Waals surface area contributed by atoms with Crippen LogP contribution in [0.15, 0.2) is 46.2 Å². The molecule has 0 spiro atoms. The summed E-state index contributed by atoms with van der Waals surface area (Å²) in [5.74, 6) is 0.609. The molecule has 2 aromatic carbocycles. The Labute approximate surface area is 214 Å². The molecule has 1 heterocycles. The molecule has 0 N–H and O–H groups in total. The quantitative estimate of drug-likeness (QED) is 0.327. The Hall–Kier alpha value is -1.18. The molecule has 0 bridgehead atoms. The summed E-state index contributed by atoms with van der Waals surface area (Å²) in [5, 5.41) is 0. The predicted octanol–water partition coefficient (Wildman–Crippen LogP) is 8.09. The number of hydrogen-bond acceptors (Lipinski definition) is 5. The van der Waals surface area contributed by atoms with Gasteiger partial charge in [-0.05, 0) is 61.1 Å². The minimum atomic E-state index is -3.51. The molecule has 2 aromatic rings. The van der Waals surface area contributed by atoms with Crippen molar-refractivity contribution in [3.8, 4) is 0 Å². The van der Waals surface area contributed by atoms with Crippen LogP contribution in [0, 0.1) is 11.2 Å². The lowest BCUT2D eigenvalue weighted by Crippen LogP contribution is -2.37. The van der Waals surface area contributed by atoms with Gasteiger partial charge in [0, 0.05) is 33.0 Å². The summed E-state index contributed by atoms with van der Waals surface area (Å²) in [6.07, 6.45) is 5.68. The van der Waals surface area contributed by atoms with Crippen LogP contribution in [0.4, 0.5) is 15.8 Å². The van der Waals surface area contributed by atoms with Crippen LogP contribution in [0.5, 0.6) is 0 Å².